The standard InChI is InChI=1S/C17H17BrN2/c1-2-3-4-13-5-8-15(9-6-13)20-16-10-7-14(12-19)17(18)11-16/h5-11,20H,2-4H2,1H3. The van der Waals surface area contributed by atoms with Crippen molar-refractivity contribution in [1.82, 2.24) is 0 Å². The number of nitrogens with zero attached hydrogens (tertiary/aromatic N) is 1. The van der Waals surface area contributed by atoms with Gasteiger partial charge >= 0.3 is 0 Å². The minimum absolute atomic E-state index is 0.644. The third kappa shape index (κ3) is 3.85. The van der Waals surface area contributed by atoms with E-state index in [0.29, 0.717) is 5.56 Å². The SMILES string of the molecule is CCCCc1ccc(Nc2ccc(C#N)c(Br)c2)cc1. The van der Waals surface area contributed by atoms with Crippen molar-refractivity contribution in [2.75, 3.05) is 5.32 Å². The van der Waals surface area contributed by atoms with Crippen LogP contribution in [0.25, 0.3) is 0 Å². The zero-order valence-electron chi connectivity index (χ0n) is 11.5. The maximum Gasteiger partial charge on any atom is 0.100 e. The smallest absolute Gasteiger partial charge is 0.100 e. The minimum Gasteiger partial charge on any atom is -0.355 e. The van der Waals surface area contributed by atoms with Gasteiger partial charge in [-0.3, -0.25) is 0 Å². The van der Waals surface area contributed by atoms with E-state index < -0.39 is 0 Å². The molecule has 0 aliphatic heterocycles. The molecule has 0 heterocycles. The number of nitriles is 1. The molecule has 0 unspecified atom stereocenters. The van der Waals surface area contributed by atoms with Gasteiger partial charge in [0.1, 0.15) is 6.07 Å². The van der Waals surface area contributed by atoms with Gasteiger partial charge in [0.25, 0.3) is 0 Å². The van der Waals surface area contributed by atoms with E-state index in [4.69, 9.17) is 5.26 Å². The van der Waals surface area contributed by atoms with E-state index in [-0.39, 0.29) is 0 Å². The van der Waals surface area contributed by atoms with Gasteiger partial charge in [-0.05, 0) is 64.7 Å². The molecule has 0 radical (unpaired) electrons. The first-order valence-electron chi connectivity index (χ1n) is 6.78. The monoisotopic (exact) mass is 328 g/mol. The van der Waals surface area contributed by atoms with E-state index in [1.165, 1.54) is 18.4 Å². The van der Waals surface area contributed by atoms with Crippen LogP contribution < -0.4 is 5.32 Å². The summed E-state index contributed by atoms with van der Waals surface area (Å²) in [5.41, 5.74) is 4.04. The number of benzene rings is 2. The first kappa shape index (κ1) is 14.6. The molecule has 0 bridgehead atoms. The second-order valence-corrected chi connectivity index (χ2v) is 5.59. The number of hydrogen-bond acceptors (Lipinski definition) is 2. The zero-order chi connectivity index (χ0) is 14.4. The molecule has 102 valence electrons. The van der Waals surface area contributed by atoms with E-state index in [1.54, 1.807) is 0 Å². The molecule has 0 aliphatic rings. The van der Waals surface area contributed by atoms with Crippen LogP contribution in [0, 0.1) is 11.3 Å². The summed E-state index contributed by atoms with van der Waals surface area (Å²) in [6, 6.07) is 16.3. The maximum absolute atomic E-state index is 8.90. The highest BCUT2D eigenvalue weighted by Crippen LogP contribution is 2.24. The van der Waals surface area contributed by atoms with Crippen molar-refractivity contribution in [3.63, 3.8) is 0 Å². The number of halogens is 1. The van der Waals surface area contributed by atoms with Crippen LogP contribution in [0.1, 0.15) is 30.9 Å². The van der Waals surface area contributed by atoms with Crippen LogP contribution in [-0.4, -0.2) is 0 Å². The molecule has 0 amide bonds. The van der Waals surface area contributed by atoms with E-state index in [1.807, 2.05) is 18.2 Å². The lowest BCUT2D eigenvalue weighted by Crippen LogP contribution is -1.92. The first-order valence-corrected chi connectivity index (χ1v) is 7.58. The second-order valence-electron chi connectivity index (χ2n) is 4.73. The Kier molecular flexibility index (Phi) is 5.20. The Morgan fingerprint density at radius 3 is 2.40 bits per heavy atom. The normalized spacial score (nSPS) is 10.1. The van der Waals surface area contributed by atoms with E-state index in [2.05, 4.69) is 58.5 Å². The van der Waals surface area contributed by atoms with Crippen LogP contribution >= 0.6 is 15.9 Å². The van der Waals surface area contributed by atoms with Crippen molar-refractivity contribution < 1.29 is 0 Å². The van der Waals surface area contributed by atoms with Crippen LogP contribution in [0.15, 0.2) is 46.9 Å². The van der Waals surface area contributed by atoms with Gasteiger partial charge in [-0.1, -0.05) is 25.5 Å². The van der Waals surface area contributed by atoms with Crippen molar-refractivity contribution in [2.24, 2.45) is 0 Å². The third-order valence-corrected chi connectivity index (χ3v) is 3.81. The number of hydrogen-bond donors (Lipinski definition) is 1. The summed E-state index contributed by atoms with van der Waals surface area (Å²) in [5, 5.41) is 12.2. The molecular weight excluding hydrogens is 312 g/mol. The quantitative estimate of drug-likeness (QED) is 0.796. The van der Waals surface area contributed by atoms with Crippen LogP contribution in [-0.2, 0) is 6.42 Å². The maximum atomic E-state index is 8.90. The number of nitrogens with one attached hydrogen (secondary N) is 1. The molecule has 2 nitrogen and oxygen atoms in total. The van der Waals surface area contributed by atoms with E-state index in [0.717, 1.165) is 22.3 Å². The van der Waals surface area contributed by atoms with Crippen LogP contribution in [0.4, 0.5) is 11.4 Å². The van der Waals surface area contributed by atoms with Gasteiger partial charge in [0, 0.05) is 15.8 Å². The highest BCUT2D eigenvalue weighted by Gasteiger charge is 2.01. The summed E-state index contributed by atoms with van der Waals surface area (Å²) in [6.45, 7) is 2.21. The van der Waals surface area contributed by atoms with Gasteiger partial charge in [0.15, 0.2) is 0 Å². The van der Waals surface area contributed by atoms with Gasteiger partial charge in [-0.25, -0.2) is 0 Å². The Morgan fingerprint density at radius 2 is 1.80 bits per heavy atom. The predicted molar refractivity (Wildman–Crippen MR) is 87.2 cm³/mol. The molecule has 0 spiro atoms. The molecule has 2 aromatic carbocycles. The van der Waals surface area contributed by atoms with Crippen molar-refractivity contribution in [1.29, 1.82) is 5.26 Å². The summed E-state index contributed by atoms with van der Waals surface area (Å²) < 4.78 is 0.810. The van der Waals surface area contributed by atoms with Gasteiger partial charge in [0.2, 0.25) is 0 Å². The summed E-state index contributed by atoms with van der Waals surface area (Å²) in [4.78, 5) is 0. The summed E-state index contributed by atoms with van der Waals surface area (Å²) in [7, 11) is 0. The van der Waals surface area contributed by atoms with Crippen LogP contribution in [0.3, 0.4) is 0 Å². The molecule has 2 rings (SSSR count). The minimum atomic E-state index is 0.644. The predicted octanol–water partition coefficient (Wildman–Crippen LogP) is 5.41. The van der Waals surface area contributed by atoms with Crippen molar-refractivity contribution in [3.8, 4) is 6.07 Å². The Bertz CT molecular complexity index is 612. The molecule has 0 aromatic heterocycles. The highest BCUT2D eigenvalue weighted by atomic mass is 79.9. The molecule has 0 aliphatic carbocycles. The zero-order valence-corrected chi connectivity index (χ0v) is 13.1. The molecule has 2 aromatic rings. The fourth-order valence-corrected chi connectivity index (χ4v) is 2.45. The molecule has 3 heteroatoms. The summed E-state index contributed by atoms with van der Waals surface area (Å²) in [6.07, 6.45) is 3.59. The van der Waals surface area contributed by atoms with Gasteiger partial charge in [-0.15, -0.1) is 0 Å². The lowest BCUT2D eigenvalue weighted by molar-refractivity contribution is 0.795. The van der Waals surface area contributed by atoms with Gasteiger partial charge in [-0.2, -0.15) is 5.26 Å². The summed E-state index contributed by atoms with van der Waals surface area (Å²) in [5.74, 6) is 0. The molecule has 0 atom stereocenters. The molecule has 0 saturated carbocycles. The summed E-state index contributed by atoms with van der Waals surface area (Å²) >= 11 is 3.40. The Morgan fingerprint density at radius 1 is 1.10 bits per heavy atom. The largest absolute Gasteiger partial charge is 0.355 e. The van der Waals surface area contributed by atoms with Crippen LogP contribution in [0.2, 0.25) is 0 Å². The Balaban J connectivity index is 2.06. The lowest BCUT2D eigenvalue weighted by atomic mass is 10.1. The van der Waals surface area contributed by atoms with Crippen LogP contribution in [0.5, 0.6) is 0 Å². The number of unbranched alkanes of at least 4 members (excludes halogenated alkanes) is 1. The topological polar surface area (TPSA) is 35.8 Å². The average molecular weight is 329 g/mol. The van der Waals surface area contributed by atoms with Crippen molar-refractivity contribution in [2.45, 2.75) is 26.2 Å². The molecular formula is C17H17BrN2. The van der Waals surface area contributed by atoms with Crippen molar-refractivity contribution >= 4 is 27.3 Å². The van der Waals surface area contributed by atoms with E-state index in [9.17, 15) is 0 Å². The lowest BCUT2D eigenvalue weighted by Gasteiger charge is -2.08. The Labute approximate surface area is 128 Å². The van der Waals surface area contributed by atoms with E-state index >= 15 is 0 Å². The molecule has 0 fully saturated rings. The fourth-order valence-electron chi connectivity index (χ4n) is 1.99. The Hall–Kier alpha value is -1.79. The molecule has 0 saturated heterocycles. The highest BCUT2D eigenvalue weighted by molar-refractivity contribution is 9.10. The molecule has 1 N–H and O–H groups in total. The van der Waals surface area contributed by atoms with Crippen molar-refractivity contribution in [3.05, 3.63) is 58.1 Å². The van der Waals surface area contributed by atoms with Gasteiger partial charge in [0.05, 0.1) is 5.56 Å². The molecule has 20 heavy (non-hydrogen) atoms. The first-order chi connectivity index (χ1) is 9.72. The number of aryl methyl sites for hydroxylation is 1. The fraction of sp³-hybridized carbons (Fsp3) is 0.235. The second kappa shape index (κ2) is 7.12. The third-order valence-electron chi connectivity index (χ3n) is 3.15. The average Bonchev–Trinajstić information content (AvgIpc) is 2.47. The number of rotatable bonds is 5. The van der Waals surface area contributed by atoms with Gasteiger partial charge < -0.3 is 5.32 Å². The number of anilines is 2.